The molecule has 0 saturated carbocycles. The molecule has 8 nitrogen and oxygen atoms in total. The molecular formula is C28H31N3O5. The van der Waals surface area contributed by atoms with Crippen LogP contribution in [0.1, 0.15) is 46.9 Å². The number of aliphatic hydroxyl groups is 1. The second-order valence-electron chi connectivity index (χ2n) is 10.1. The van der Waals surface area contributed by atoms with Gasteiger partial charge in [-0.1, -0.05) is 24.3 Å². The molecule has 2 saturated heterocycles. The van der Waals surface area contributed by atoms with Crippen LogP contribution in [0.3, 0.4) is 0 Å². The lowest BCUT2D eigenvalue weighted by Crippen LogP contribution is -2.49. The number of hydrogen-bond donors (Lipinski definition) is 1. The number of carbonyl (C=O) groups excluding carboxylic acids is 2. The number of pyridine rings is 1. The quantitative estimate of drug-likeness (QED) is 0.710. The van der Waals surface area contributed by atoms with Crippen LogP contribution in [0.25, 0.3) is 5.57 Å². The van der Waals surface area contributed by atoms with E-state index in [9.17, 15) is 19.5 Å². The highest BCUT2D eigenvalue weighted by Crippen LogP contribution is 2.49. The van der Waals surface area contributed by atoms with Gasteiger partial charge in [0.15, 0.2) is 0 Å². The highest BCUT2D eigenvalue weighted by molar-refractivity contribution is 5.96. The summed E-state index contributed by atoms with van der Waals surface area (Å²) in [6, 6.07) is 11.7. The molecule has 36 heavy (non-hydrogen) atoms. The van der Waals surface area contributed by atoms with E-state index in [0.717, 1.165) is 24.8 Å². The van der Waals surface area contributed by atoms with Crippen LogP contribution in [-0.4, -0.2) is 70.2 Å². The Bertz CT molecular complexity index is 1260. The van der Waals surface area contributed by atoms with Gasteiger partial charge in [-0.2, -0.15) is 0 Å². The van der Waals surface area contributed by atoms with Crippen molar-refractivity contribution in [2.45, 2.75) is 37.9 Å². The highest BCUT2D eigenvalue weighted by Gasteiger charge is 2.58. The summed E-state index contributed by atoms with van der Waals surface area (Å²) in [6.45, 7) is 1.94. The molecule has 2 fully saturated rings. The van der Waals surface area contributed by atoms with E-state index in [2.05, 4.69) is 6.08 Å². The molecule has 2 aromatic rings. The third-order valence-corrected chi connectivity index (χ3v) is 8.29. The standard InChI is InChI=1S/C28H31N3O5/c32-17-21-23-16-30-22(11-10-20(27(30)34)18-6-4-5-7-18)25(24(21)28(35)29-12-14-36-15-13-29)31(23)26(33)19-8-2-1-3-9-19/h1-3,6,8-11,21,23-25,32H,4-5,7,12-17H2/t21-,23-,24+,25+/m1/s1. The Kier molecular flexibility index (Phi) is 6.01. The fourth-order valence-corrected chi connectivity index (χ4v) is 6.55. The van der Waals surface area contributed by atoms with Crippen molar-refractivity contribution in [1.82, 2.24) is 14.4 Å². The Morgan fingerprint density at radius 1 is 1.06 bits per heavy atom. The zero-order valence-corrected chi connectivity index (χ0v) is 20.2. The van der Waals surface area contributed by atoms with Crippen molar-refractivity contribution in [1.29, 1.82) is 0 Å². The molecule has 0 unspecified atom stereocenters. The number of ether oxygens (including phenoxy) is 1. The lowest BCUT2D eigenvalue weighted by Gasteiger charge is -2.39. The molecule has 4 heterocycles. The molecule has 6 rings (SSSR count). The lowest BCUT2D eigenvalue weighted by atomic mass is 9.86. The van der Waals surface area contributed by atoms with Crippen LogP contribution < -0.4 is 5.56 Å². The van der Waals surface area contributed by atoms with Crippen LogP contribution in [0.15, 0.2) is 53.3 Å². The van der Waals surface area contributed by atoms with Crippen molar-refractivity contribution in [2.24, 2.45) is 11.8 Å². The highest BCUT2D eigenvalue weighted by atomic mass is 16.5. The van der Waals surface area contributed by atoms with Crippen LogP contribution in [-0.2, 0) is 16.1 Å². The van der Waals surface area contributed by atoms with Gasteiger partial charge in [-0.05, 0) is 49.1 Å². The number of benzene rings is 1. The number of fused-ring (bicyclic) bond motifs is 4. The number of hydrogen-bond acceptors (Lipinski definition) is 5. The molecule has 2 amide bonds. The number of allylic oxidation sites excluding steroid dienone is 2. The summed E-state index contributed by atoms with van der Waals surface area (Å²) in [5.74, 6) is -1.36. The van der Waals surface area contributed by atoms with Gasteiger partial charge in [-0.25, -0.2) is 0 Å². The van der Waals surface area contributed by atoms with Gasteiger partial charge in [-0.15, -0.1) is 0 Å². The van der Waals surface area contributed by atoms with E-state index < -0.39 is 23.9 Å². The minimum Gasteiger partial charge on any atom is -0.396 e. The number of aliphatic hydroxyl groups excluding tert-OH is 1. The van der Waals surface area contributed by atoms with Gasteiger partial charge < -0.3 is 24.2 Å². The number of carbonyl (C=O) groups is 2. The van der Waals surface area contributed by atoms with Crippen LogP contribution in [0.4, 0.5) is 0 Å². The summed E-state index contributed by atoms with van der Waals surface area (Å²) in [5.41, 5.74) is 2.91. The van der Waals surface area contributed by atoms with Gasteiger partial charge in [0.1, 0.15) is 0 Å². The average molecular weight is 490 g/mol. The number of rotatable bonds is 4. The summed E-state index contributed by atoms with van der Waals surface area (Å²) >= 11 is 0. The predicted octanol–water partition coefficient (Wildman–Crippen LogP) is 2.08. The molecule has 1 aromatic carbocycles. The third-order valence-electron chi connectivity index (χ3n) is 8.29. The molecular weight excluding hydrogens is 458 g/mol. The van der Waals surface area contributed by atoms with E-state index in [-0.39, 0.29) is 30.5 Å². The predicted molar refractivity (Wildman–Crippen MR) is 133 cm³/mol. The Morgan fingerprint density at radius 3 is 2.53 bits per heavy atom. The van der Waals surface area contributed by atoms with Gasteiger partial charge in [-0.3, -0.25) is 14.4 Å². The first kappa shape index (κ1) is 23.2. The minimum absolute atomic E-state index is 0.0707. The molecule has 1 aromatic heterocycles. The molecule has 8 heteroatoms. The Hall–Kier alpha value is -3.23. The Labute approximate surface area is 209 Å². The number of morpholine rings is 1. The third kappa shape index (κ3) is 3.62. The van der Waals surface area contributed by atoms with E-state index in [1.54, 1.807) is 26.5 Å². The topological polar surface area (TPSA) is 92.1 Å². The van der Waals surface area contributed by atoms with Gasteiger partial charge in [0.2, 0.25) is 5.91 Å². The van der Waals surface area contributed by atoms with Crippen LogP contribution in [0, 0.1) is 11.8 Å². The molecule has 4 aliphatic rings. The van der Waals surface area contributed by atoms with E-state index in [1.165, 1.54) is 0 Å². The largest absolute Gasteiger partial charge is 0.396 e. The van der Waals surface area contributed by atoms with Crippen molar-refractivity contribution < 1.29 is 19.4 Å². The summed E-state index contributed by atoms with van der Waals surface area (Å²) in [5, 5.41) is 10.5. The molecule has 3 aliphatic heterocycles. The number of nitrogens with zero attached hydrogens (tertiary/aromatic N) is 3. The van der Waals surface area contributed by atoms with Crippen molar-refractivity contribution in [3.05, 3.63) is 75.7 Å². The maximum atomic E-state index is 13.9. The molecule has 188 valence electrons. The number of amides is 2. The first-order chi connectivity index (χ1) is 17.6. The van der Waals surface area contributed by atoms with Crippen LogP contribution in [0.5, 0.6) is 0 Å². The van der Waals surface area contributed by atoms with Gasteiger partial charge in [0.25, 0.3) is 11.5 Å². The molecule has 0 radical (unpaired) electrons. The van der Waals surface area contributed by atoms with Crippen LogP contribution in [0.2, 0.25) is 0 Å². The summed E-state index contributed by atoms with van der Waals surface area (Å²) < 4.78 is 7.20. The zero-order chi connectivity index (χ0) is 24.8. The molecule has 1 N–H and O–H groups in total. The summed E-state index contributed by atoms with van der Waals surface area (Å²) in [7, 11) is 0. The number of aromatic nitrogens is 1. The van der Waals surface area contributed by atoms with E-state index >= 15 is 0 Å². The molecule has 2 bridgehead atoms. The van der Waals surface area contributed by atoms with Gasteiger partial charge >= 0.3 is 0 Å². The first-order valence-corrected chi connectivity index (χ1v) is 12.9. The summed E-state index contributed by atoms with van der Waals surface area (Å²) in [6.07, 6.45) is 5.04. The SMILES string of the molecule is O=C([C@H]1[C@H](CO)[C@H]2Cn3c(ccc(C4=CCCC4)c3=O)[C@@H]1N2C(=O)c1ccccc1)N1CCOCC1. The fraction of sp³-hybridized carbons (Fsp3) is 0.464. The average Bonchev–Trinajstić information content (AvgIpc) is 3.53. The maximum Gasteiger partial charge on any atom is 0.258 e. The normalized spacial score (nSPS) is 27.1. The Balaban J connectivity index is 1.48. The van der Waals surface area contributed by atoms with Crippen molar-refractivity contribution in [3.63, 3.8) is 0 Å². The van der Waals surface area contributed by atoms with Gasteiger partial charge in [0, 0.05) is 49.0 Å². The second kappa shape index (κ2) is 9.33. The monoisotopic (exact) mass is 489 g/mol. The van der Waals surface area contributed by atoms with Crippen molar-refractivity contribution >= 4 is 17.4 Å². The molecule has 1 aliphatic carbocycles. The lowest BCUT2D eigenvalue weighted by molar-refractivity contribution is -0.142. The van der Waals surface area contributed by atoms with Crippen molar-refractivity contribution in [3.8, 4) is 0 Å². The maximum absolute atomic E-state index is 13.9. The second-order valence-corrected chi connectivity index (χ2v) is 10.1. The Morgan fingerprint density at radius 2 is 1.83 bits per heavy atom. The molecule has 4 atom stereocenters. The smallest absolute Gasteiger partial charge is 0.258 e. The van der Waals surface area contributed by atoms with Crippen molar-refractivity contribution in [2.75, 3.05) is 32.9 Å². The minimum atomic E-state index is -0.629. The zero-order valence-electron chi connectivity index (χ0n) is 20.2. The fourth-order valence-electron chi connectivity index (χ4n) is 6.55. The summed E-state index contributed by atoms with van der Waals surface area (Å²) in [4.78, 5) is 45.0. The molecule has 0 spiro atoms. The first-order valence-electron chi connectivity index (χ1n) is 12.9. The van der Waals surface area contributed by atoms with Gasteiger partial charge in [0.05, 0.1) is 31.2 Å². The van der Waals surface area contributed by atoms with E-state index in [4.69, 9.17) is 4.74 Å². The van der Waals surface area contributed by atoms with Crippen LogP contribution >= 0.6 is 0 Å². The van der Waals surface area contributed by atoms with E-state index in [0.29, 0.717) is 43.1 Å². The van der Waals surface area contributed by atoms with E-state index in [1.807, 2.05) is 30.3 Å².